The molecule has 2 saturated heterocycles. The SMILES string of the molecule is Cc1cc(C)n(C[C@@H]2CCCN2CC(=O)N2CCNC2=O)n1. The number of likely N-dealkylation sites (tertiary alicyclic amines) is 1. The number of carbonyl (C=O) groups is 2. The minimum Gasteiger partial charge on any atom is -0.336 e. The van der Waals surface area contributed by atoms with Crippen molar-refractivity contribution in [2.24, 2.45) is 0 Å². The number of hydrogen-bond acceptors (Lipinski definition) is 4. The summed E-state index contributed by atoms with van der Waals surface area (Å²) < 4.78 is 2.02. The quantitative estimate of drug-likeness (QED) is 0.880. The minimum atomic E-state index is -0.265. The van der Waals surface area contributed by atoms with Gasteiger partial charge in [-0.05, 0) is 39.3 Å². The van der Waals surface area contributed by atoms with Gasteiger partial charge in [-0.15, -0.1) is 0 Å². The van der Waals surface area contributed by atoms with Crippen molar-refractivity contribution in [3.8, 4) is 0 Å². The molecule has 1 aromatic rings. The Hall–Kier alpha value is -1.89. The number of amides is 3. The molecule has 0 spiro atoms. The third kappa shape index (κ3) is 2.99. The molecule has 7 heteroatoms. The zero-order valence-electron chi connectivity index (χ0n) is 13.2. The Morgan fingerprint density at radius 2 is 2.23 bits per heavy atom. The Morgan fingerprint density at radius 1 is 1.41 bits per heavy atom. The smallest absolute Gasteiger partial charge is 0.324 e. The Balaban J connectivity index is 1.62. The first-order valence-electron chi connectivity index (χ1n) is 7.88. The first-order valence-corrected chi connectivity index (χ1v) is 7.88. The summed E-state index contributed by atoms with van der Waals surface area (Å²) in [4.78, 5) is 27.4. The lowest BCUT2D eigenvalue weighted by atomic mass is 10.2. The molecule has 1 aromatic heterocycles. The molecule has 1 N–H and O–H groups in total. The highest BCUT2D eigenvalue weighted by atomic mass is 16.2. The summed E-state index contributed by atoms with van der Waals surface area (Å²) in [6.45, 7) is 7.11. The van der Waals surface area contributed by atoms with Crippen LogP contribution in [-0.4, -0.2) is 63.7 Å². The van der Waals surface area contributed by atoms with Gasteiger partial charge in [-0.3, -0.25) is 19.3 Å². The second-order valence-corrected chi connectivity index (χ2v) is 6.15. The van der Waals surface area contributed by atoms with Crippen LogP contribution in [0, 0.1) is 13.8 Å². The second kappa shape index (κ2) is 6.08. The van der Waals surface area contributed by atoms with E-state index in [4.69, 9.17) is 0 Å². The molecule has 0 aromatic carbocycles. The van der Waals surface area contributed by atoms with Crippen molar-refractivity contribution in [2.45, 2.75) is 39.3 Å². The average Bonchev–Trinajstić information content (AvgIpc) is 3.14. The standard InChI is InChI=1S/C15H23N5O2/c1-11-8-12(2)20(17-11)9-13-4-3-6-18(13)10-14(21)19-7-5-16-15(19)22/h8,13H,3-7,9-10H2,1-2H3,(H,16,22)/t13-/m0/s1. The van der Waals surface area contributed by atoms with E-state index in [1.165, 1.54) is 4.90 Å². The fourth-order valence-corrected chi connectivity index (χ4v) is 3.34. The molecule has 2 aliphatic heterocycles. The van der Waals surface area contributed by atoms with Gasteiger partial charge in [0.25, 0.3) is 0 Å². The van der Waals surface area contributed by atoms with Gasteiger partial charge in [-0.1, -0.05) is 0 Å². The number of rotatable bonds is 4. The summed E-state index contributed by atoms with van der Waals surface area (Å²) in [5.41, 5.74) is 2.17. The van der Waals surface area contributed by atoms with Crippen LogP contribution in [0.15, 0.2) is 6.07 Å². The molecule has 3 amide bonds. The maximum absolute atomic E-state index is 12.3. The Kier molecular flexibility index (Phi) is 4.15. The van der Waals surface area contributed by atoms with Crippen molar-refractivity contribution >= 4 is 11.9 Å². The van der Waals surface area contributed by atoms with Gasteiger partial charge in [-0.2, -0.15) is 5.10 Å². The van der Waals surface area contributed by atoms with Gasteiger partial charge >= 0.3 is 6.03 Å². The molecule has 0 unspecified atom stereocenters. The highest BCUT2D eigenvalue weighted by Gasteiger charge is 2.32. The predicted octanol–water partition coefficient (Wildman–Crippen LogP) is 0.516. The predicted molar refractivity (Wildman–Crippen MR) is 81.4 cm³/mol. The van der Waals surface area contributed by atoms with Crippen LogP contribution in [0.4, 0.5) is 4.79 Å². The highest BCUT2D eigenvalue weighted by Crippen LogP contribution is 2.20. The van der Waals surface area contributed by atoms with Gasteiger partial charge in [0.15, 0.2) is 0 Å². The number of hydrogen-bond donors (Lipinski definition) is 1. The van der Waals surface area contributed by atoms with E-state index in [0.29, 0.717) is 25.7 Å². The molecule has 0 saturated carbocycles. The van der Waals surface area contributed by atoms with E-state index in [2.05, 4.69) is 28.3 Å². The molecule has 7 nitrogen and oxygen atoms in total. The first-order chi connectivity index (χ1) is 10.5. The number of aryl methyl sites for hydroxylation is 2. The van der Waals surface area contributed by atoms with Crippen molar-refractivity contribution in [3.05, 3.63) is 17.5 Å². The van der Waals surface area contributed by atoms with Gasteiger partial charge in [0.1, 0.15) is 0 Å². The first kappa shape index (κ1) is 15.0. The van der Waals surface area contributed by atoms with E-state index in [-0.39, 0.29) is 11.9 Å². The number of nitrogens with zero attached hydrogens (tertiary/aromatic N) is 4. The summed E-state index contributed by atoms with van der Waals surface area (Å²) in [7, 11) is 0. The largest absolute Gasteiger partial charge is 0.336 e. The van der Waals surface area contributed by atoms with Crippen molar-refractivity contribution in [2.75, 3.05) is 26.2 Å². The Morgan fingerprint density at radius 3 is 2.86 bits per heavy atom. The lowest BCUT2D eigenvalue weighted by molar-refractivity contribution is -0.129. The fraction of sp³-hybridized carbons (Fsp3) is 0.667. The highest BCUT2D eigenvalue weighted by molar-refractivity contribution is 5.96. The third-order valence-corrected chi connectivity index (χ3v) is 4.48. The van der Waals surface area contributed by atoms with Crippen molar-refractivity contribution in [3.63, 3.8) is 0 Å². The molecule has 2 fully saturated rings. The van der Waals surface area contributed by atoms with Crippen LogP contribution in [0.25, 0.3) is 0 Å². The van der Waals surface area contributed by atoms with Gasteiger partial charge in [0, 0.05) is 24.8 Å². The number of nitrogens with one attached hydrogen (secondary N) is 1. The van der Waals surface area contributed by atoms with Crippen LogP contribution in [0.2, 0.25) is 0 Å². The van der Waals surface area contributed by atoms with E-state index in [1.54, 1.807) is 0 Å². The van der Waals surface area contributed by atoms with Crippen LogP contribution in [0.1, 0.15) is 24.2 Å². The normalized spacial score (nSPS) is 22.4. The number of aromatic nitrogens is 2. The zero-order valence-corrected chi connectivity index (χ0v) is 13.2. The third-order valence-electron chi connectivity index (χ3n) is 4.48. The van der Waals surface area contributed by atoms with E-state index in [9.17, 15) is 9.59 Å². The summed E-state index contributed by atoms with van der Waals surface area (Å²) in [6.07, 6.45) is 2.15. The van der Waals surface area contributed by atoms with Crippen LogP contribution in [-0.2, 0) is 11.3 Å². The lowest BCUT2D eigenvalue weighted by Crippen LogP contribution is -2.44. The Bertz CT molecular complexity index is 582. The minimum absolute atomic E-state index is 0.102. The molecule has 0 bridgehead atoms. The van der Waals surface area contributed by atoms with Crippen LogP contribution < -0.4 is 5.32 Å². The molecule has 0 radical (unpaired) electrons. The van der Waals surface area contributed by atoms with Crippen LogP contribution in [0.3, 0.4) is 0 Å². The molecular weight excluding hydrogens is 282 g/mol. The van der Waals surface area contributed by atoms with Crippen LogP contribution in [0.5, 0.6) is 0 Å². The van der Waals surface area contributed by atoms with Crippen LogP contribution >= 0.6 is 0 Å². The summed E-state index contributed by atoms with van der Waals surface area (Å²) in [5, 5.41) is 7.18. The molecule has 120 valence electrons. The van der Waals surface area contributed by atoms with Crippen molar-refractivity contribution in [1.29, 1.82) is 0 Å². The molecule has 3 heterocycles. The second-order valence-electron chi connectivity index (χ2n) is 6.15. The number of carbonyl (C=O) groups excluding carboxylic acids is 2. The molecule has 3 rings (SSSR count). The van der Waals surface area contributed by atoms with Gasteiger partial charge < -0.3 is 5.32 Å². The van der Waals surface area contributed by atoms with Gasteiger partial charge in [0.2, 0.25) is 5.91 Å². The monoisotopic (exact) mass is 305 g/mol. The topological polar surface area (TPSA) is 70.5 Å². The number of imide groups is 1. The van der Waals surface area contributed by atoms with E-state index in [1.807, 2.05) is 11.6 Å². The van der Waals surface area contributed by atoms with Gasteiger partial charge in [-0.25, -0.2) is 4.79 Å². The molecule has 0 aliphatic carbocycles. The molecule has 2 aliphatic rings. The summed E-state index contributed by atoms with van der Waals surface area (Å²) in [5.74, 6) is -0.102. The lowest BCUT2D eigenvalue weighted by Gasteiger charge is -2.25. The van der Waals surface area contributed by atoms with E-state index >= 15 is 0 Å². The zero-order chi connectivity index (χ0) is 15.7. The molecular formula is C15H23N5O2. The summed E-state index contributed by atoms with van der Waals surface area (Å²) in [6, 6.07) is 2.12. The Labute approximate surface area is 130 Å². The van der Waals surface area contributed by atoms with E-state index in [0.717, 1.165) is 37.3 Å². The van der Waals surface area contributed by atoms with Crippen molar-refractivity contribution < 1.29 is 9.59 Å². The van der Waals surface area contributed by atoms with E-state index < -0.39 is 0 Å². The van der Waals surface area contributed by atoms with Gasteiger partial charge in [0.05, 0.1) is 18.8 Å². The van der Waals surface area contributed by atoms with Crippen molar-refractivity contribution in [1.82, 2.24) is 24.9 Å². The fourth-order valence-electron chi connectivity index (χ4n) is 3.34. The molecule has 22 heavy (non-hydrogen) atoms. The molecule has 1 atom stereocenters. The summed E-state index contributed by atoms with van der Waals surface area (Å²) >= 11 is 0. The number of urea groups is 1. The average molecular weight is 305 g/mol. The maximum atomic E-state index is 12.3. The maximum Gasteiger partial charge on any atom is 0.324 e.